The molecule has 3 heterocycles. The number of likely N-dealkylation sites (tertiary alicyclic amines) is 1. The van der Waals surface area contributed by atoms with Crippen LogP contribution in [0.25, 0.3) is 0 Å². The van der Waals surface area contributed by atoms with Crippen LogP contribution >= 0.6 is 11.8 Å². The molecule has 0 aliphatic carbocycles. The summed E-state index contributed by atoms with van der Waals surface area (Å²) >= 11 is 1.44. The number of aromatic nitrogens is 5. The Morgan fingerprint density at radius 3 is 2.50 bits per heavy atom. The molecule has 34 heavy (non-hydrogen) atoms. The van der Waals surface area contributed by atoms with Crippen LogP contribution in [0.4, 0.5) is 4.79 Å². The van der Waals surface area contributed by atoms with Crippen molar-refractivity contribution < 1.29 is 24.2 Å². The Morgan fingerprint density at radius 1 is 1.06 bits per heavy atom. The van der Waals surface area contributed by atoms with Crippen molar-refractivity contribution in [1.29, 1.82) is 0 Å². The van der Waals surface area contributed by atoms with E-state index in [1.165, 1.54) is 16.4 Å². The van der Waals surface area contributed by atoms with E-state index in [0.29, 0.717) is 30.6 Å². The van der Waals surface area contributed by atoms with Gasteiger partial charge < -0.3 is 19.5 Å². The Kier molecular flexibility index (Phi) is 7.91. The monoisotopic (exact) mass is 484 g/mol. The Hall–Kier alpha value is -3.67. The van der Waals surface area contributed by atoms with Gasteiger partial charge in [-0.25, -0.2) is 9.48 Å². The molecule has 12 heteroatoms. The number of aliphatic carboxylic acids is 1. The smallest absolute Gasteiger partial charge is 0.415 e. The van der Waals surface area contributed by atoms with Gasteiger partial charge >= 0.3 is 12.1 Å². The van der Waals surface area contributed by atoms with Crippen molar-refractivity contribution in [3.8, 4) is 11.5 Å². The van der Waals surface area contributed by atoms with Gasteiger partial charge in [0.1, 0.15) is 18.0 Å². The maximum absolute atomic E-state index is 12.6. The topological polar surface area (TPSA) is 133 Å². The molecular formula is C22H24N6O5S. The maximum Gasteiger partial charge on any atom is 0.415 e. The third-order valence-electron chi connectivity index (χ3n) is 5.19. The molecule has 0 bridgehead atoms. The van der Waals surface area contributed by atoms with E-state index in [0.717, 1.165) is 30.6 Å². The van der Waals surface area contributed by atoms with Crippen molar-refractivity contribution >= 4 is 23.8 Å². The lowest BCUT2D eigenvalue weighted by Gasteiger charge is -2.30. The fraction of sp³-hybridized carbons (Fsp3) is 0.364. The van der Waals surface area contributed by atoms with E-state index in [1.807, 2.05) is 24.3 Å². The highest BCUT2D eigenvalue weighted by Gasteiger charge is 2.26. The van der Waals surface area contributed by atoms with Crippen LogP contribution in [0.2, 0.25) is 0 Å². The second kappa shape index (κ2) is 11.5. The van der Waals surface area contributed by atoms with E-state index >= 15 is 0 Å². The van der Waals surface area contributed by atoms with Crippen molar-refractivity contribution in [1.82, 2.24) is 30.1 Å². The first kappa shape index (κ1) is 23.5. The van der Waals surface area contributed by atoms with Crippen molar-refractivity contribution in [3.63, 3.8) is 0 Å². The average molecular weight is 485 g/mol. The number of piperidine rings is 1. The lowest BCUT2D eigenvalue weighted by Crippen LogP contribution is -2.41. The molecule has 0 radical (unpaired) electrons. The molecule has 1 amide bonds. The number of carboxylic acid groups (broad SMARTS) is 1. The van der Waals surface area contributed by atoms with Crippen LogP contribution in [-0.4, -0.2) is 72.2 Å². The number of tetrazole rings is 1. The number of carbonyl (C=O) groups excluding carboxylic acids is 1. The predicted molar refractivity (Wildman–Crippen MR) is 122 cm³/mol. The van der Waals surface area contributed by atoms with Gasteiger partial charge in [-0.05, 0) is 53.1 Å². The summed E-state index contributed by atoms with van der Waals surface area (Å²) in [4.78, 5) is 29.1. The minimum Gasteiger partial charge on any atom is -0.493 e. The van der Waals surface area contributed by atoms with Crippen LogP contribution in [0.5, 0.6) is 11.5 Å². The van der Waals surface area contributed by atoms with E-state index in [-0.39, 0.29) is 17.9 Å². The summed E-state index contributed by atoms with van der Waals surface area (Å²) in [7, 11) is 0. The lowest BCUT2D eigenvalue weighted by molar-refractivity contribution is -0.138. The van der Waals surface area contributed by atoms with Crippen LogP contribution in [0.15, 0.2) is 53.9 Å². The Bertz CT molecular complexity index is 1090. The second-order valence-electron chi connectivity index (χ2n) is 7.61. The molecule has 1 aliphatic heterocycles. The van der Waals surface area contributed by atoms with E-state index in [9.17, 15) is 9.59 Å². The van der Waals surface area contributed by atoms with Crippen molar-refractivity contribution in [3.05, 3.63) is 54.4 Å². The summed E-state index contributed by atoms with van der Waals surface area (Å²) in [6.45, 7) is 1.35. The van der Waals surface area contributed by atoms with E-state index in [1.54, 1.807) is 29.4 Å². The van der Waals surface area contributed by atoms with Gasteiger partial charge in [-0.1, -0.05) is 23.9 Å². The van der Waals surface area contributed by atoms with Gasteiger partial charge in [-0.15, -0.1) is 5.10 Å². The molecule has 2 aromatic heterocycles. The number of hydrogen-bond donors (Lipinski definition) is 1. The zero-order valence-corrected chi connectivity index (χ0v) is 19.1. The number of rotatable bonds is 9. The van der Waals surface area contributed by atoms with E-state index < -0.39 is 5.97 Å². The summed E-state index contributed by atoms with van der Waals surface area (Å²) in [6, 6.07) is 11.0. The molecule has 11 nitrogen and oxygen atoms in total. The number of hydrogen-bond acceptors (Lipinski definition) is 9. The van der Waals surface area contributed by atoms with Gasteiger partial charge in [0, 0.05) is 37.2 Å². The summed E-state index contributed by atoms with van der Waals surface area (Å²) in [5.41, 5.74) is 1.08. The van der Waals surface area contributed by atoms with Gasteiger partial charge in [-0.3, -0.25) is 9.78 Å². The molecule has 1 fully saturated rings. The SMILES string of the molecule is O=C(O)Cn1nnnc1SC1CCN(C(=O)Oc2ccc(CCOc3ccncc3)cc2)CC1. The fourth-order valence-corrected chi connectivity index (χ4v) is 4.48. The van der Waals surface area contributed by atoms with E-state index in [2.05, 4.69) is 20.5 Å². The molecule has 1 aliphatic rings. The van der Waals surface area contributed by atoms with Gasteiger partial charge in [0.05, 0.1) is 6.61 Å². The Morgan fingerprint density at radius 2 is 1.79 bits per heavy atom. The van der Waals surface area contributed by atoms with Gasteiger partial charge in [0.2, 0.25) is 5.16 Å². The predicted octanol–water partition coefficient (Wildman–Crippen LogP) is 2.53. The molecule has 178 valence electrons. The van der Waals surface area contributed by atoms with E-state index in [4.69, 9.17) is 14.6 Å². The maximum atomic E-state index is 12.6. The number of carboxylic acids is 1. The number of carbonyl (C=O) groups is 2. The number of ether oxygens (including phenoxy) is 2. The minimum absolute atomic E-state index is 0.191. The van der Waals surface area contributed by atoms with Crippen molar-refractivity contribution in [2.75, 3.05) is 19.7 Å². The van der Waals surface area contributed by atoms with Gasteiger partial charge in [0.25, 0.3) is 0 Å². The van der Waals surface area contributed by atoms with Crippen LogP contribution < -0.4 is 9.47 Å². The fourth-order valence-electron chi connectivity index (χ4n) is 3.42. The number of amides is 1. The highest BCUT2D eigenvalue weighted by molar-refractivity contribution is 7.99. The molecule has 1 aromatic carbocycles. The minimum atomic E-state index is -1.00. The summed E-state index contributed by atoms with van der Waals surface area (Å²) in [5, 5.41) is 20.8. The molecular weight excluding hydrogens is 460 g/mol. The lowest BCUT2D eigenvalue weighted by atomic mass is 10.1. The van der Waals surface area contributed by atoms with Crippen LogP contribution in [0, 0.1) is 0 Å². The third-order valence-corrected chi connectivity index (χ3v) is 6.50. The van der Waals surface area contributed by atoms with Crippen molar-refractivity contribution in [2.24, 2.45) is 0 Å². The second-order valence-corrected chi connectivity index (χ2v) is 8.88. The van der Waals surface area contributed by atoms with Crippen LogP contribution in [0.3, 0.4) is 0 Å². The zero-order valence-electron chi connectivity index (χ0n) is 18.3. The number of benzene rings is 1. The summed E-state index contributed by atoms with van der Waals surface area (Å²) in [5.74, 6) is 0.271. The molecule has 0 saturated carbocycles. The molecule has 0 unspecified atom stereocenters. The van der Waals surface area contributed by atoms with Gasteiger partial charge in [-0.2, -0.15) is 0 Å². The number of nitrogens with zero attached hydrogens (tertiary/aromatic N) is 6. The highest BCUT2D eigenvalue weighted by Crippen LogP contribution is 2.29. The van der Waals surface area contributed by atoms with Gasteiger partial charge in [0.15, 0.2) is 0 Å². The van der Waals surface area contributed by atoms with Crippen LogP contribution in [0.1, 0.15) is 18.4 Å². The quantitative estimate of drug-likeness (QED) is 0.483. The highest BCUT2D eigenvalue weighted by atomic mass is 32.2. The summed E-state index contributed by atoms with van der Waals surface area (Å²) in [6.07, 6.45) is 5.19. The standard InChI is InChI=1S/C22H24N6O5S/c29-20(30)15-28-21(24-25-26-28)34-19-7-12-27(13-8-19)22(31)33-18-3-1-16(2-4-18)9-14-32-17-5-10-23-11-6-17/h1-6,10-11,19H,7-9,12-15H2,(H,29,30). The molecule has 4 rings (SSSR count). The molecule has 1 N–H and O–H groups in total. The molecule has 0 spiro atoms. The molecule has 0 atom stereocenters. The van der Waals surface area contributed by atoms with Crippen molar-refractivity contribution in [2.45, 2.75) is 36.2 Å². The largest absolute Gasteiger partial charge is 0.493 e. The Balaban J connectivity index is 1.19. The number of thioether (sulfide) groups is 1. The zero-order chi connectivity index (χ0) is 23.8. The first-order valence-corrected chi connectivity index (χ1v) is 11.7. The first-order valence-electron chi connectivity index (χ1n) is 10.8. The Labute approximate surface area is 200 Å². The molecule has 3 aromatic rings. The number of pyridine rings is 1. The molecule has 1 saturated heterocycles. The summed E-state index contributed by atoms with van der Waals surface area (Å²) < 4.78 is 12.5. The normalized spacial score (nSPS) is 14.1. The average Bonchev–Trinajstić information content (AvgIpc) is 3.27. The van der Waals surface area contributed by atoms with Crippen LogP contribution in [-0.2, 0) is 17.8 Å². The first-order chi connectivity index (χ1) is 16.6. The third kappa shape index (κ3) is 6.67.